The number of benzene rings is 9. The van der Waals surface area contributed by atoms with Crippen LogP contribution in [-0.2, 0) is 0 Å². The van der Waals surface area contributed by atoms with E-state index in [-0.39, 0.29) is 0 Å². The van der Waals surface area contributed by atoms with Gasteiger partial charge in [-0.2, -0.15) is 0 Å². The van der Waals surface area contributed by atoms with E-state index in [0.717, 1.165) is 53.9 Å². The number of rotatable bonds is 0. The fourth-order valence-corrected chi connectivity index (χ4v) is 12.9. The maximum absolute atomic E-state index is 7.44. The summed E-state index contributed by atoms with van der Waals surface area (Å²) in [5, 5.41) is 12.3. The monoisotopic (exact) mass is 906 g/mol. The topological polar surface area (TPSA) is 158 Å². The Hall–Kier alpha value is -9.94. The number of fused-ring (bicyclic) bond motifs is 6. The molecule has 0 aliphatic rings. The second kappa shape index (κ2) is 10.1. The molecule has 21 aromatic rings. The van der Waals surface area contributed by atoms with Gasteiger partial charge >= 0.3 is 0 Å². The van der Waals surface area contributed by atoms with Gasteiger partial charge in [-0.05, 0) is 72.8 Å². The van der Waals surface area contributed by atoms with Gasteiger partial charge in [-0.15, -0.1) is 0 Å². The van der Waals surface area contributed by atoms with Gasteiger partial charge < -0.3 is 53.0 Å². The van der Waals surface area contributed by atoms with E-state index >= 15 is 0 Å². The van der Waals surface area contributed by atoms with E-state index in [0.29, 0.717) is 166 Å². The van der Waals surface area contributed by atoms with Crippen LogP contribution in [0.1, 0.15) is 0 Å². The third-order valence-corrected chi connectivity index (χ3v) is 15.4. The van der Waals surface area contributed by atoms with Crippen LogP contribution in [-0.4, -0.2) is 0 Å². The van der Waals surface area contributed by atoms with Gasteiger partial charge in [-0.3, -0.25) is 0 Å². The zero-order valence-corrected chi connectivity index (χ0v) is 35.3. The fraction of sp³-hybridized carbons (Fsp3) is 0. The zero-order chi connectivity index (χ0) is 44.3. The first kappa shape index (κ1) is 32.7. The van der Waals surface area contributed by atoms with E-state index in [2.05, 4.69) is 0 Å². The second-order valence-corrected chi connectivity index (χ2v) is 18.7. The van der Waals surface area contributed by atoms with Crippen LogP contribution in [0.3, 0.4) is 0 Å². The van der Waals surface area contributed by atoms with Crippen LogP contribution in [0, 0.1) is 0 Å². The van der Waals surface area contributed by atoms with Crippen molar-refractivity contribution in [3.05, 3.63) is 109 Å². The molecule has 0 fully saturated rings. The summed E-state index contributed by atoms with van der Waals surface area (Å²) in [6.07, 6.45) is 0. The molecule has 0 spiro atoms. The van der Waals surface area contributed by atoms with Gasteiger partial charge in [0.15, 0.2) is 67.0 Å². The Labute approximate surface area is 381 Å². The summed E-state index contributed by atoms with van der Waals surface area (Å²) in [7, 11) is 0. The molecular weight excluding hydrogens is 889 g/mol. The maximum Gasteiger partial charge on any atom is 0.182 e. The van der Waals surface area contributed by atoms with Crippen molar-refractivity contribution in [3.63, 3.8) is 0 Å². The van der Waals surface area contributed by atoms with Gasteiger partial charge in [-0.25, -0.2) is 0 Å². The second-order valence-electron chi connectivity index (χ2n) is 18.7. The Kier molecular flexibility index (Phi) is 4.74. The molecule has 70 heavy (non-hydrogen) atoms. The largest absolute Gasteiger partial charge is 0.456 e. The first-order valence-electron chi connectivity index (χ1n) is 22.9. The Bertz CT molecular complexity index is 5620. The Balaban J connectivity index is 1.08. The molecule has 0 radical (unpaired) electrons. The molecule has 12 heteroatoms. The Morgan fingerprint density at radius 2 is 0.271 bits per heavy atom. The van der Waals surface area contributed by atoms with Crippen LogP contribution < -0.4 is 0 Å². The molecule has 0 unspecified atom stereocenters. The van der Waals surface area contributed by atoms with E-state index in [4.69, 9.17) is 53.0 Å². The summed E-state index contributed by atoms with van der Waals surface area (Å²) in [5.41, 5.74) is 13.2. The fourth-order valence-electron chi connectivity index (χ4n) is 12.9. The molecule has 0 N–H and O–H groups in total. The first-order chi connectivity index (χ1) is 34.7. The smallest absolute Gasteiger partial charge is 0.182 e. The molecule has 322 valence electrons. The Morgan fingerprint density at radius 1 is 0.129 bits per heavy atom. The lowest BCUT2D eigenvalue weighted by Crippen LogP contribution is -1.97. The lowest BCUT2D eigenvalue weighted by atomic mass is 9.92. The van der Waals surface area contributed by atoms with Crippen LogP contribution in [0.4, 0.5) is 0 Å². The number of hydrogen-bond acceptors (Lipinski definition) is 12. The number of hydrogen-bond donors (Lipinski definition) is 0. The summed E-state index contributed by atoms with van der Waals surface area (Å²) in [5.74, 6) is 0. The van der Waals surface area contributed by atoms with Gasteiger partial charge in [-0.1, -0.05) is 36.4 Å². The molecular formula is C58H18O12. The Morgan fingerprint density at radius 3 is 0.457 bits per heavy atom. The van der Waals surface area contributed by atoms with E-state index in [1.165, 1.54) is 0 Å². The zero-order valence-electron chi connectivity index (χ0n) is 35.3. The molecule has 0 bridgehead atoms. The molecule has 0 amide bonds. The minimum atomic E-state index is 0.426. The third kappa shape index (κ3) is 3.23. The minimum Gasteiger partial charge on any atom is -0.456 e. The van der Waals surface area contributed by atoms with Gasteiger partial charge in [0.2, 0.25) is 0 Å². The van der Waals surface area contributed by atoms with Crippen LogP contribution >= 0.6 is 0 Å². The van der Waals surface area contributed by atoms with E-state index in [9.17, 15) is 0 Å². The van der Waals surface area contributed by atoms with Crippen LogP contribution in [0.5, 0.6) is 0 Å². The lowest BCUT2D eigenvalue weighted by Gasteiger charge is -2.21. The van der Waals surface area contributed by atoms with E-state index < -0.39 is 0 Å². The minimum absolute atomic E-state index is 0.426. The van der Waals surface area contributed by atoms with Crippen molar-refractivity contribution in [3.8, 4) is 0 Å². The maximum atomic E-state index is 7.44. The lowest BCUT2D eigenvalue weighted by molar-refractivity contribution is 0.589. The first-order valence-corrected chi connectivity index (χ1v) is 22.9. The molecule has 12 nitrogen and oxygen atoms in total. The highest BCUT2D eigenvalue weighted by molar-refractivity contribution is 6.47. The molecule has 0 aliphatic heterocycles. The van der Waals surface area contributed by atoms with Crippen molar-refractivity contribution in [2.45, 2.75) is 0 Å². The van der Waals surface area contributed by atoms with E-state index in [1.807, 2.05) is 109 Å². The average molecular weight is 907 g/mol. The molecule has 0 saturated heterocycles. The predicted molar refractivity (Wildman–Crippen MR) is 266 cm³/mol. The van der Waals surface area contributed by atoms with Crippen molar-refractivity contribution in [1.82, 2.24) is 0 Å². The summed E-state index contributed by atoms with van der Waals surface area (Å²) >= 11 is 0. The summed E-state index contributed by atoms with van der Waals surface area (Å²) in [4.78, 5) is 0. The third-order valence-electron chi connectivity index (χ3n) is 15.4. The van der Waals surface area contributed by atoms with Crippen molar-refractivity contribution >= 4 is 220 Å². The van der Waals surface area contributed by atoms with Crippen molar-refractivity contribution in [1.29, 1.82) is 0 Å². The van der Waals surface area contributed by atoms with Crippen LogP contribution in [0.2, 0.25) is 0 Å². The van der Waals surface area contributed by atoms with Crippen molar-refractivity contribution < 1.29 is 53.0 Å². The predicted octanol–water partition coefficient (Wildman–Crippen LogP) is 18.7. The summed E-state index contributed by atoms with van der Waals surface area (Å²) in [6, 6.07) is 35.0. The average Bonchev–Trinajstić information content (AvgIpc) is 3.40. The van der Waals surface area contributed by atoms with Gasteiger partial charge in [0.05, 0.1) is 64.6 Å². The SMILES string of the molecule is c1cc2oc3cccc4oc5c6oc7c8oc9cccc%10oc%11c%12oc%13cccc%14oc%15cccc%16oc(c%17oc(c%18oc%19cccc%20oc(c%21oc(c1)c2c(c34)c%215)c6c(c%20%19)c%187)c8c(c%109)c%11%17)c%12c(c%14%13)c%15%16. The molecule has 21 rings (SSSR count). The quantitative estimate of drug-likeness (QED) is 0.105. The molecule has 0 aliphatic carbocycles. The highest BCUT2D eigenvalue weighted by atomic mass is 16.4. The highest BCUT2D eigenvalue weighted by Gasteiger charge is 2.36. The van der Waals surface area contributed by atoms with Gasteiger partial charge in [0, 0.05) is 21.5 Å². The molecule has 12 heterocycles. The van der Waals surface area contributed by atoms with Crippen molar-refractivity contribution in [2.24, 2.45) is 0 Å². The standard InChI is InChI=1S/C58H18O12/c1-7-19-31-23(11-1)61-47-41-37(31)33-21(59-19)9-3-13-25(33)65-51(41)55-43-39-35-27(63-49(43)47)15-5-17-29(35)67-53-45(39)57(69-55)54-46-40-36-28(16-6-18-30(36)68-54)64-50-44(40)56(70-58(46)53)52-42-38-32-20(8-2-12-24(32)62-48(42)50)60-22-10-4-14-26(66-52)34(22)38/h1-18H. The normalized spacial score (nSPS) is 13.7. The highest BCUT2D eigenvalue weighted by Crippen LogP contribution is 2.58. The van der Waals surface area contributed by atoms with Crippen molar-refractivity contribution in [2.75, 3.05) is 0 Å². The summed E-state index contributed by atoms with van der Waals surface area (Å²) in [6.45, 7) is 0. The van der Waals surface area contributed by atoms with Crippen LogP contribution in [0.15, 0.2) is 162 Å². The molecule has 12 aromatic heterocycles. The van der Waals surface area contributed by atoms with Gasteiger partial charge in [0.1, 0.15) is 67.0 Å². The molecule has 0 saturated carbocycles. The van der Waals surface area contributed by atoms with E-state index in [1.54, 1.807) is 0 Å². The van der Waals surface area contributed by atoms with Crippen LogP contribution in [0.25, 0.3) is 220 Å². The molecule has 9 aromatic carbocycles. The molecule has 0 atom stereocenters. The summed E-state index contributed by atoms with van der Waals surface area (Å²) < 4.78 is 84.2. The van der Waals surface area contributed by atoms with Gasteiger partial charge in [0.25, 0.3) is 0 Å².